The highest BCUT2D eigenvalue weighted by molar-refractivity contribution is 5.43. The predicted molar refractivity (Wildman–Crippen MR) is 76.6 cm³/mol. The molecule has 0 aliphatic carbocycles. The van der Waals surface area contributed by atoms with E-state index < -0.39 is 4.92 Å². The quantitative estimate of drug-likeness (QED) is 0.656. The minimum absolute atomic E-state index is 0.0124. The van der Waals surface area contributed by atoms with E-state index in [1.54, 1.807) is 25.2 Å². The SMILES string of the molecule is CNCc1cc([N+](=O)[O-])ccc1OCc1cccc(F)c1. The Labute approximate surface area is 121 Å². The Bertz CT molecular complexity index is 647. The van der Waals surface area contributed by atoms with Crippen molar-refractivity contribution in [3.8, 4) is 5.75 Å². The van der Waals surface area contributed by atoms with Crippen LogP contribution in [0.25, 0.3) is 0 Å². The highest BCUT2D eigenvalue weighted by atomic mass is 19.1. The van der Waals surface area contributed by atoms with E-state index in [2.05, 4.69) is 5.32 Å². The largest absolute Gasteiger partial charge is 0.489 e. The van der Waals surface area contributed by atoms with Gasteiger partial charge in [0.1, 0.15) is 18.2 Å². The monoisotopic (exact) mass is 290 g/mol. The second kappa shape index (κ2) is 6.81. The van der Waals surface area contributed by atoms with Gasteiger partial charge in [0.15, 0.2) is 0 Å². The van der Waals surface area contributed by atoms with Crippen LogP contribution in [0.2, 0.25) is 0 Å². The van der Waals surface area contributed by atoms with Crippen LogP contribution in [0.15, 0.2) is 42.5 Å². The zero-order chi connectivity index (χ0) is 15.2. The third-order valence-electron chi connectivity index (χ3n) is 2.91. The standard InChI is InChI=1S/C15H15FN2O3/c1-17-9-12-8-14(18(19)20)5-6-15(12)21-10-11-3-2-4-13(16)7-11/h2-8,17H,9-10H2,1H3. The molecule has 0 aromatic heterocycles. The van der Waals surface area contributed by atoms with Gasteiger partial charge < -0.3 is 10.1 Å². The van der Waals surface area contributed by atoms with Crippen LogP contribution >= 0.6 is 0 Å². The van der Waals surface area contributed by atoms with Crippen molar-refractivity contribution in [2.75, 3.05) is 7.05 Å². The van der Waals surface area contributed by atoms with E-state index in [1.165, 1.54) is 24.3 Å². The van der Waals surface area contributed by atoms with E-state index in [1.807, 2.05) is 0 Å². The van der Waals surface area contributed by atoms with Crippen LogP contribution in [0.3, 0.4) is 0 Å². The molecule has 0 saturated heterocycles. The van der Waals surface area contributed by atoms with Gasteiger partial charge in [-0.1, -0.05) is 12.1 Å². The molecule has 0 spiro atoms. The van der Waals surface area contributed by atoms with Crippen LogP contribution in [0.1, 0.15) is 11.1 Å². The molecule has 1 N–H and O–H groups in total. The van der Waals surface area contributed by atoms with Crippen LogP contribution in [-0.4, -0.2) is 12.0 Å². The molecule has 0 saturated carbocycles. The summed E-state index contributed by atoms with van der Waals surface area (Å²) in [6.07, 6.45) is 0. The second-order valence-corrected chi connectivity index (χ2v) is 4.50. The number of hydrogen-bond donors (Lipinski definition) is 1. The zero-order valence-corrected chi connectivity index (χ0v) is 11.5. The highest BCUT2D eigenvalue weighted by Gasteiger charge is 2.11. The average molecular weight is 290 g/mol. The Balaban J connectivity index is 2.16. The van der Waals surface area contributed by atoms with Gasteiger partial charge in [0, 0.05) is 24.2 Å². The molecule has 5 nitrogen and oxygen atoms in total. The van der Waals surface area contributed by atoms with E-state index in [9.17, 15) is 14.5 Å². The van der Waals surface area contributed by atoms with Gasteiger partial charge in [-0.05, 0) is 30.8 Å². The van der Waals surface area contributed by atoms with Crippen LogP contribution in [0.5, 0.6) is 5.75 Å². The lowest BCUT2D eigenvalue weighted by molar-refractivity contribution is -0.384. The first-order chi connectivity index (χ1) is 10.1. The van der Waals surface area contributed by atoms with E-state index in [0.717, 1.165) is 0 Å². The molecule has 2 aromatic carbocycles. The lowest BCUT2D eigenvalue weighted by Crippen LogP contribution is -2.08. The maximum absolute atomic E-state index is 13.1. The molecule has 21 heavy (non-hydrogen) atoms. The fourth-order valence-electron chi connectivity index (χ4n) is 1.94. The van der Waals surface area contributed by atoms with E-state index in [-0.39, 0.29) is 18.1 Å². The predicted octanol–water partition coefficient (Wildman–Crippen LogP) is 3.03. The second-order valence-electron chi connectivity index (χ2n) is 4.50. The van der Waals surface area contributed by atoms with E-state index in [0.29, 0.717) is 23.4 Å². The molecular weight excluding hydrogens is 275 g/mol. The molecule has 0 unspecified atom stereocenters. The van der Waals surface area contributed by atoms with Crippen molar-refractivity contribution in [3.05, 3.63) is 69.5 Å². The lowest BCUT2D eigenvalue weighted by Gasteiger charge is -2.11. The molecule has 2 rings (SSSR count). The summed E-state index contributed by atoms with van der Waals surface area (Å²) >= 11 is 0. The molecule has 0 fully saturated rings. The number of hydrogen-bond acceptors (Lipinski definition) is 4. The van der Waals surface area contributed by atoms with E-state index >= 15 is 0 Å². The normalized spacial score (nSPS) is 10.4. The summed E-state index contributed by atoms with van der Waals surface area (Å²) in [4.78, 5) is 10.3. The van der Waals surface area contributed by atoms with Crippen molar-refractivity contribution < 1.29 is 14.1 Å². The summed E-state index contributed by atoms with van der Waals surface area (Å²) in [6.45, 7) is 0.645. The summed E-state index contributed by atoms with van der Waals surface area (Å²) in [6, 6.07) is 10.5. The van der Waals surface area contributed by atoms with Crippen molar-refractivity contribution in [2.24, 2.45) is 0 Å². The number of nitrogens with zero attached hydrogens (tertiary/aromatic N) is 1. The van der Waals surface area contributed by atoms with Crippen molar-refractivity contribution in [1.29, 1.82) is 0 Å². The number of nitro benzene ring substituents is 1. The minimum Gasteiger partial charge on any atom is -0.489 e. The maximum atomic E-state index is 13.1. The molecular formula is C15H15FN2O3. The number of non-ortho nitro benzene ring substituents is 1. The van der Waals surface area contributed by atoms with Crippen molar-refractivity contribution in [2.45, 2.75) is 13.2 Å². The summed E-state index contributed by atoms with van der Waals surface area (Å²) < 4.78 is 18.7. The summed E-state index contributed by atoms with van der Waals surface area (Å²) in [7, 11) is 1.75. The first-order valence-electron chi connectivity index (χ1n) is 6.39. The molecule has 0 atom stereocenters. The third kappa shape index (κ3) is 4.00. The van der Waals surface area contributed by atoms with Crippen molar-refractivity contribution in [3.63, 3.8) is 0 Å². The van der Waals surface area contributed by atoms with Crippen molar-refractivity contribution >= 4 is 5.69 Å². The number of ether oxygens (including phenoxy) is 1. The molecule has 0 aliphatic heterocycles. The summed E-state index contributed by atoms with van der Waals surface area (Å²) in [5.74, 6) is 0.217. The molecule has 0 amide bonds. The molecule has 0 aliphatic rings. The number of rotatable bonds is 6. The van der Waals surface area contributed by atoms with Crippen LogP contribution in [-0.2, 0) is 13.2 Å². The fourth-order valence-corrected chi connectivity index (χ4v) is 1.94. The number of nitrogens with one attached hydrogen (secondary N) is 1. The summed E-state index contributed by atoms with van der Waals surface area (Å²) in [5, 5.41) is 13.7. The van der Waals surface area contributed by atoms with Crippen molar-refractivity contribution in [1.82, 2.24) is 5.32 Å². The highest BCUT2D eigenvalue weighted by Crippen LogP contribution is 2.25. The Kier molecular flexibility index (Phi) is 4.84. The van der Waals surface area contributed by atoms with Gasteiger partial charge in [-0.2, -0.15) is 0 Å². The fraction of sp³-hybridized carbons (Fsp3) is 0.200. The molecule has 6 heteroatoms. The lowest BCUT2D eigenvalue weighted by atomic mass is 10.1. The Morgan fingerprint density at radius 1 is 1.29 bits per heavy atom. The van der Waals surface area contributed by atoms with Gasteiger partial charge >= 0.3 is 0 Å². The summed E-state index contributed by atoms with van der Waals surface area (Å²) in [5.41, 5.74) is 1.39. The molecule has 0 heterocycles. The first-order valence-corrected chi connectivity index (χ1v) is 6.39. The Hall–Kier alpha value is -2.47. The van der Waals surface area contributed by atoms with Gasteiger partial charge in [-0.3, -0.25) is 10.1 Å². The van der Waals surface area contributed by atoms with Crippen LogP contribution < -0.4 is 10.1 Å². The molecule has 2 aromatic rings. The Morgan fingerprint density at radius 2 is 2.10 bits per heavy atom. The van der Waals surface area contributed by atoms with Gasteiger partial charge in [0.05, 0.1) is 4.92 Å². The minimum atomic E-state index is -0.449. The topological polar surface area (TPSA) is 64.4 Å². The number of benzene rings is 2. The van der Waals surface area contributed by atoms with Gasteiger partial charge in [-0.15, -0.1) is 0 Å². The van der Waals surface area contributed by atoms with Gasteiger partial charge in [0.25, 0.3) is 5.69 Å². The zero-order valence-electron chi connectivity index (χ0n) is 11.5. The molecule has 110 valence electrons. The maximum Gasteiger partial charge on any atom is 0.270 e. The molecule has 0 radical (unpaired) electrons. The number of nitro groups is 1. The Morgan fingerprint density at radius 3 is 2.76 bits per heavy atom. The van der Waals surface area contributed by atoms with Gasteiger partial charge in [0.2, 0.25) is 0 Å². The van der Waals surface area contributed by atoms with Gasteiger partial charge in [-0.25, -0.2) is 4.39 Å². The molecule has 0 bridgehead atoms. The number of halogens is 1. The third-order valence-corrected chi connectivity index (χ3v) is 2.91. The smallest absolute Gasteiger partial charge is 0.270 e. The first kappa shape index (κ1) is 14.9. The van der Waals surface area contributed by atoms with Crippen LogP contribution in [0.4, 0.5) is 10.1 Å². The average Bonchev–Trinajstić information content (AvgIpc) is 2.46. The van der Waals surface area contributed by atoms with E-state index in [4.69, 9.17) is 4.74 Å². The van der Waals surface area contributed by atoms with Crippen LogP contribution in [0, 0.1) is 15.9 Å².